The monoisotopic (exact) mass is 373 g/mol. The van der Waals surface area contributed by atoms with Gasteiger partial charge in [-0.05, 0) is 37.5 Å². The van der Waals surface area contributed by atoms with Crippen molar-refractivity contribution in [3.63, 3.8) is 0 Å². The number of nitrogens with one attached hydrogen (secondary N) is 1. The summed E-state index contributed by atoms with van der Waals surface area (Å²) >= 11 is 0. The molecule has 1 fully saturated rings. The van der Waals surface area contributed by atoms with Crippen LogP contribution in [0.4, 0.5) is 0 Å². The first-order chi connectivity index (χ1) is 13.1. The molecule has 1 unspecified atom stereocenters. The van der Waals surface area contributed by atoms with Crippen LogP contribution in [0.15, 0.2) is 42.7 Å². The van der Waals surface area contributed by atoms with E-state index >= 15 is 0 Å². The topological polar surface area (TPSA) is 115 Å². The van der Waals surface area contributed by atoms with Gasteiger partial charge in [-0.25, -0.2) is 9.78 Å². The lowest BCUT2D eigenvalue weighted by molar-refractivity contribution is -0.123. The summed E-state index contributed by atoms with van der Waals surface area (Å²) in [6.45, 7) is 0.760. The van der Waals surface area contributed by atoms with Gasteiger partial charge >= 0.3 is 5.97 Å². The second-order valence-electron chi connectivity index (χ2n) is 5.68. The van der Waals surface area contributed by atoms with Crippen LogP contribution >= 0.6 is 0 Å². The molecule has 1 atom stereocenters. The third-order valence-corrected chi connectivity index (χ3v) is 3.65. The number of carbonyl (C=O) groups excluding carboxylic acids is 1. The molecule has 0 aliphatic carbocycles. The van der Waals surface area contributed by atoms with Crippen LogP contribution in [0.3, 0.4) is 0 Å². The lowest BCUT2D eigenvalue weighted by atomic mass is 10.2. The van der Waals surface area contributed by atoms with Crippen LogP contribution in [-0.4, -0.2) is 53.4 Å². The first kappa shape index (κ1) is 20.5. The standard InChI is InChI=1S/C14H13N3O3.C5H10O2/c1-19-14(18)10-5-7-16-12(8-10)11(15)9-20-13-4-2-3-6-17-13;6-5-3-1-2-4-7-5/h2-8,15H,9H2,1H3;5-6H,1-4H2. The molecular formula is C19H23N3O5. The van der Waals surface area contributed by atoms with Crippen molar-refractivity contribution >= 4 is 11.7 Å². The van der Waals surface area contributed by atoms with Crippen molar-refractivity contribution in [2.75, 3.05) is 20.3 Å². The minimum absolute atomic E-state index is 0.0225. The molecule has 0 bridgehead atoms. The number of rotatable bonds is 5. The third kappa shape index (κ3) is 7.12. The summed E-state index contributed by atoms with van der Waals surface area (Å²) < 4.78 is 14.8. The predicted molar refractivity (Wildman–Crippen MR) is 97.9 cm³/mol. The Morgan fingerprint density at radius 1 is 1.30 bits per heavy atom. The molecule has 2 aromatic heterocycles. The van der Waals surface area contributed by atoms with Gasteiger partial charge in [0.15, 0.2) is 6.29 Å². The van der Waals surface area contributed by atoms with Crippen molar-refractivity contribution in [3.05, 3.63) is 54.0 Å². The highest BCUT2D eigenvalue weighted by atomic mass is 16.6. The molecule has 8 heteroatoms. The summed E-state index contributed by atoms with van der Waals surface area (Å²) in [5, 5.41) is 16.6. The zero-order valence-corrected chi connectivity index (χ0v) is 15.1. The van der Waals surface area contributed by atoms with Crippen molar-refractivity contribution in [2.45, 2.75) is 25.6 Å². The number of aliphatic hydroxyl groups is 1. The van der Waals surface area contributed by atoms with Crippen molar-refractivity contribution < 1.29 is 24.1 Å². The lowest BCUT2D eigenvalue weighted by Gasteiger charge is -2.16. The second-order valence-corrected chi connectivity index (χ2v) is 5.68. The third-order valence-electron chi connectivity index (χ3n) is 3.65. The Balaban J connectivity index is 0.000000313. The summed E-state index contributed by atoms with van der Waals surface area (Å²) in [5.74, 6) is -0.0338. The predicted octanol–water partition coefficient (Wildman–Crippen LogP) is 2.22. The summed E-state index contributed by atoms with van der Waals surface area (Å²) in [4.78, 5) is 19.4. The Morgan fingerprint density at radius 2 is 2.15 bits per heavy atom. The number of aromatic nitrogens is 2. The van der Waals surface area contributed by atoms with Crippen molar-refractivity contribution in [1.29, 1.82) is 5.41 Å². The van der Waals surface area contributed by atoms with E-state index in [-0.39, 0.29) is 12.3 Å². The minimum Gasteiger partial charge on any atom is -0.471 e. The molecule has 0 spiro atoms. The van der Waals surface area contributed by atoms with Gasteiger partial charge in [-0.2, -0.15) is 0 Å². The smallest absolute Gasteiger partial charge is 0.337 e. The zero-order valence-electron chi connectivity index (χ0n) is 15.1. The van der Waals surface area contributed by atoms with E-state index < -0.39 is 12.3 Å². The summed E-state index contributed by atoms with van der Waals surface area (Å²) in [7, 11) is 1.30. The van der Waals surface area contributed by atoms with Crippen LogP contribution < -0.4 is 4.74 Å². The highest BCUT2D eigenvalue weighted by Crippen LogP contribution is 2.09. The van der Waals surface area contributed by atoms with Gasteiger partial charge in [0.2, 0.25) is 5.88 Å². The fourth-order valence-electron chi connectivity index (χ4n) is 2.22. The molecule has 1 aliphatic heterocycles. The largest absolute Gasteiger partial charge is 0.471 e. The normalized spacial score (nSPS) is 15.9. The summed E-state index contributed by atoms with van der Waals surface area (Å²) in [6, 6.07) is 8.30. The van der Waals surface area contributed by atoms with Gasteiger partial charge in [-0.1, -0.05) is 6.07 Å². The molecule has 3 rings (SSSR count). The molecule has 0 radical (unpaired) electrons. The van der Waals surface area contributed by atoms with E-state index in [0.29, 0.717) is 17.1 Å². The molecular weight excluding hydrogens is 350 g/mol. The maximum absolute atomic E-state index is 11.4. The molecule has 3 heterocycles. The second kappa shape index (κ2) is 11.0. The maximum Gasteiger partial charge on any atom is 0.337 e. The number of esters is 1. The Hall–Kier alpha value is -2.84. The molecule has 0 amide bonds. The number of carbonyl (C=O) groups is 1. The number of nitrogens with zero attached hydrogens (tertiary/aromatic N) is 2. The number of pyridine rings is 2. The first-order valence-corrected chi connectivity index (χ1v) is 8.56. The van der Waals surface area contributed by atoms with E-state index in [1.807, 2.05) is 0 Å². The van der Waals surface area contributed by atoms with Gasteiger partial charge in [-0.15, -0.1) is 0 Å². The molecule has 2 N–H and O–H groups in total. The van der Waals surface area contributed by atoms with Gasteiger partial charge in [0.05, 0.1) is 24.1 Å². The Labute approximate surface area is 157 Å². The lowest BCUT2D eigenvalue weighted by Crippen LogP contribution is -2.17. The highest BCUT2D eigenvalue weighted by Gasteiger charge is 2.10. The van der Waals surface area contributed by atoms with E-state index in [2.05, 4.69) is 14.7 Å². The first-order valence-electron chi connectivity index (χ1n) is 8.56. The van der Waals surface area contributed by atoms with Crippen molar-refractivity contribution in [3.8, 4) is 5.88 Å². The fraction of sp³-hybridized carbons (Fsp3) is 0.368. The Bertz CT molecular complexity index is 733. The molecule has 2 aromatic rings. The minimum atomic E-state index is -0.466. The van der Waals surface area contributed by atoms with Crippen LogP contribution in [0.1, 0.15) is 35.3 Å². The highest BCUT2D eigenvalue weighted by molar-refractivity contribution is 5.99. The van der Waals surface area contributed by atoms with Crippen LogP contribution in [-0.2, 0) is 9.47 Å². The van der Waals surface area contributed by atoms with Crippen molar-refractivity contribution in [2.24, 2.45) is 0 Å². The number of methoxy groups -OCH3 is 1. The molecule has 0 aromatic carbocycles. The molecule has 27 heavy (non-hydrogen) atoms. The molecule has 0 saturated carbocycles. The average Bonchev–Trinajstić information content (AvgIpc) is 2.73. The number of hydrogen-bond donors (Lipinski definition) is 2. The SMILES string of the molecule is COC(=O)c1ccnc(C(=N)COc2ccccn2)c1.OC1CCCCO1. The van der Waals surface area contributed by atoms with Gasteiger partial charge in [0, 0.05) is 25.1 Å². The van der Waals surface area contributed by atoms with Crippen LogP contribution in [0.5, 0.6) is 5.88 Å². The molecule has 1 aliphatic rings. The van der Waals surface area contributed by atoms with E-state index in [1.165, 1.54) is 25.4 Å². The number of ether oxygens (including phenoxy) is 3. The van der Waals surface area contributed by atoms with Gasteiger partial charge in [0.1, 0.15) is 6.61 Å². The number of aliphatic hydroxyl groups excluding tert-OH is 1. The fourth-order valence-corrected chi connectivity index (χ4v) is 2.22. The van der Waals surface area contributed by atoms with E-state index in [9.17, 15) is 4.79 Å². The van der Waals surface area contributed by atoms with Crippen LogP contribution in [0.25, 0.3) is 0 Å². The van der Waals surface area contributed by atoms with Crippen molar-refractivity contribution in [1.82, 2.24) is 9.97 Å². The maximum atomic E-state index is 11.4. The van der Waals surface area contributed by atoms with E-state index in [1.54, 1.807) is 24.4 Å². The zero-order chi connectivity index (χ0) is 19.5. The quantitative estimate of drug-likeness (QED) is 0.610. The summed E-state index contributed by atoms with van der Waals surface area (Å²) in [6.07, 6.45) is 5.64. The Kier molecular flexibility index (Phi) is 8.34. The molecule has 144 valence electrons. The van der Waals surface area contributed by atoms with Gasteiger partial charge < -0.3 is 19.3 Å². The van der Waals surface area contributed by atoms with Gasteiger partial charge in [0.25, 0.3) is 0 Å². The Morgan fingerprint density at radius 3 is 2.74 bits per heavy atom. The van der Waals surface area contributed by atoms with E-state index in [0.717, 1.165) is 25.9 Å². The van der Waals surface area contributed by atoms with Gasteiger partial charge in [-0.3, -0.25) is 10.4 Å². The van der Waals surface area contributed by atoms with E-state index in [4.69, 9.17) is 20.0 Å². The van der Waals surface area contributed by atoms with Crippen LogP contribution in [0, 0.1) is 5.41 Å². The van der Waals surface area contributed by atoms with Crippen LogP contribution in [0.2, 0.25) is 0 Å². The number of hydrogen-bond acceptors (Lipinski definition) is 8. The molecule has 1 saturated heterocycles. The summed E-state index contributed by atoms with van der Waals surface area (Å²) in [5.41, 5.74) is 0.866. The average molecular weight is 373 g/mol. The molecule has 8 nitrogen and oxygen atoms in total.